The zero-order valence-corrected chi connectivity index (χ0v) is 15.0. The van der Waals surface area contributed by atoms with E-state index in [-0.39, 0.29) is 11.8 Å². The summed E-state index contributed by atoms with van der Waals surface area (Å²) in [7, 11) is 1.59. The minimum absolute atomic E-state index is 0.000298. The van der Waals surface area contributed by atoms with Crippen LogP contribution in [-0.2, 0) is 11.2 Å². The van der Waals surface area contributed by atoms with E-state index in [4.69, 9.17) is 27.9 Å². The molecule has 1 aliphatic heterocycles. The number of carbonyl (C=O) groups is 1. The summed E-state index contributed by atoms with van der Waals surface area (Å²) in [5.41, 5.74) is 0.859. The van der Waals surface area contributed by atoms with Gasteiger partial charge >= 0.3 is 0 Å². The number of amides is 1. The number of likely N-dealkylation sites (tertiary alicyclic amines) is 1. The Bertz CT molecular complexity index is 561. The van der Waals surface area contributed by atoms with Crippen molar-refractivity contribution in [2.24, 2.45) is 5.92 Å². The number of ether oxygens (including phenoxy) is 1. The van der Waals surface area contributed by atoms with Crippen molar-refractivity contribution >= 4 is 29.1 Å². The molecule has 0 bridgehead atoms. The summed E-state index contributed by atoms with van der Waals surface area (Å²) < 4.78 is 5.17. The minimum atomic E-state index is 0.000298. The van der Waals surface area contributed by atoms with Crippen LogP contribution in [0.5, 0.6) is 5.75 Å². The maximum absolute atomic E-state index is 12.8. The van der Waals surface area contributed by atoms with Gasteiger partial charge in [-0.1, -0.05) is 42.5 Å². The molecule has 5 heteroatoms. The molecule has 3 rings (SSSR count). The summed E-state index contributed by atoms with van der Waals surface area (Å²) in [6.07, 6.45) is 7.62. The molecule has 1 amide bonds. The van der Waals surface area contributed by atoms with Crippen molar-refractivity contribution in [3.05, 3.63) is 27.7 Å². The lowest BCUT2D eigenvalue weighted by atomic mass is 9.94. The van der Waals surface area contributed by atoms with Crippen LogP contribution in [0.25, 0.3) is 0 Å². The average molecular weight is 356 g/mol. The number of nitrogens with zero attached hydrogens (tertiary/aromatic N) is 1. The monoisotopic (exact) mass is 355 g/mol. The molecule has 1 aromatic rings. The molecule has 3 nitrogen and oxygen atoms in total. The van der Waals surface area contributed by atoms with E-state index in [1.54, 1.807) is 19.2 Å². The Hall–Kier alpha value is -0.930. The van der Waals surface area contributed by atoms with Gasteiger partial charge in [0.15, 0.2) is 0 Å². The zero-order valence-electron chi connectivity index (χ0n) is 13.5. The second-order valence-electron chi connectivity index (χ2n) is 6.58. The van der Waals surface area contributed by atoms with Crippen LogP contribution in [0, 0.1) is 5.92 Å². The summed E-state index contributed by atoms with van der Waals surface area (Å²) in [4.78, 5) is 14.9. The zero-order chi connectivity index (χ0) is 16.4. The van der Waals surface area contributed by atoms with Crippen molar-refractivity contribution in [3.8, 4) is 5.75 Å². The Labute approximate surface area is 147 Å². The quantitative estimate of drug-likeness (QED) is 0.781. The summed E-state index contributed by atoms with van der Waals surface area (Å²) in [5.74, 6) is 0.922. The van der Waals surface area contributed by atoms with Gasteiger partial charge in [0.1, 0.15) is 5.75 Å². The van der Waals surface area contributed by atoms with Gasteiger partial charge in [-0.25, -0.2) is 0 Å². The second kappa shape index (κ2) is 7.31. The summed E-state index contributed by atoms with van der Waals surface area (Å²) >= 11 is 12.7. The molecule has 126 valence electrons. The normalized spacial score (nSPS) is 22.7. The van der Waals surface area contributed by atoms with Gasteiger partial charge in [-0.2, -0.15) is 0 Å². The fraction of sp³-hybridized carbons (Fsp3) is 0.611. The number of benzene rings is 1. The van der Waals surface area contributed by atoms with Crippen LogP contribution in [0.15, 0.2) is 12.1 Å². The molecule has 0 radical (unpaired) electrons. The fourth-order valence-corrected chi connectivity index (χ4v) is 4.47. The van der Waals surface area contributed by atoms with E-state index in [2.05, 4.69) is 4.90 Å². The Morgan fingerprint density at radius 2 is 1.78 bits per heavy atom. The van der Waals surface area contributed by atoms with Gasteiger partial charge in [0.25, 0.3) is 0 Å². The molecule has 2 fully saturated rings. The molecule has 0 aromatic heterocycles. The Morgan fingerprint density at radius 3 is 2.39 bits per heavy atom. The molecule has 1 saturated carbocycles. The highest BCUT2D eigenvalue weighted by Crippen LogP contribution is 2.35. The van der Waals surface area contributed by atoms with Gasteiger partial charge < -0.3 is 9.64 Å². The number of methoxy groups -OCH3 is 1. The molecule has 0 N–H and O–H groups in total. The van der Waals surface area contributed by atoms with E-state index in [9.17, 15) is 4.79 Å². The SMILES string of the molecule is COc1cc(Cl)c(C[C@@H]2CCN(C3CCCCC3)C2=O)c(Cl)c1. The lowest BCUT2D eigenvalue weighted by molar-refractivity contribution is -0.133. The lowest BCUT2D eigenvalue weighted by Crippen LogP contribution is -2.39. The second-order valence-corrected chi connectivity index (χ2v) is 7.40. The highest BCUT2D eigenvalue weighted by Gasteiger charge is 2.36. The van der Waals surface area contributed by atoms with E-state index in [1.807, 2.05) is 0 Å². The van der Waals surface area contributed by atoms with Gasteiger partial charge in [0.05, 0.1) is 7.11 Å². The number of halogens is 2. The van der Waals surface area contributed by atoms with Crippen LogP contribution in [-0.4, -0.2) is 30.5 Å². The largest absolute Gasteiger partial charge is 0.497 e. The van der Waals surface area contributed by atoms with Crippen molar-refractivity contribution in [3.63, 3.8) is 0 Å². The number of carbonyl (C=O) groups excluding carboxylic acids is 1. The van der Waals surface area contributed by atoms with Crippen LogP contribution >= 0.6 is 23.2 Å². The molecular weight excluding hydrogens is 333 g/mol. The Morgan fingerprint density at radius 1 is 1.13 bits per heavy atom. The standard InChI is InChI=1S/C18H23Cl2NO2/c1-23-14-10-16(19)15(17(20)11-14)9-12-7-8-21(18(12)22)13-5-3-2-4-6-13/h10-13H,2-9H2,1H3/t12-/m0/s1. The van der Waals surface area contributed by atoms with Crippen molar-refractivity contribution in [2.75, 3.05) is 13.7 Å². The first-order valence-corrected chi connectivity index (χ1v) is 9.18. The van der Waals surface area contributed by atoms with Gasteiger partial charge in [-0.3, -0.25) is 4.79 Å². The number of hydrogen-bond donors (Lipinski definition) is 0. The highest BCUT2D eigenvalue weighted by molar-refractivity contribution is 6.36. The first-order chi connectivity index (χ1) is 11.1. The van der Waals surface area contributed by atoms with Crippen molar-refractivity contribution < 1.29 is 9.53 Å². The van der Waals surface area contributed by atoms with Gasteiger partial charge in [-0.05, 0) is 43.4 Å². The van der Waals surface area contributed by atoms with E-state index in [0.29, 0.717) is 28.3 Å². The maximum Gasteiger partial charge on any atom is 0.226 e. The highest BCUT2D eigenvalue weighted by atomic mass is 35.5. The van der Waals surface area contributed by atoms with E-state index >= 15 is 0 Å². The molecule has 2 aliphatic rings. The summed E-state index contributed by atoms with van der Waals surface area (Å²) in [6, 6.07) is 3.98. The predicted octanol–water partition coefficient (Wildman–Crippen LogP) is 4.73. The summed E-state index contributed by atoms with van der Waals surface area (Å²) in [6.45, 7) is 0.875. The first-order valence-electron chi connectivity index (χ1n) is 8.42. The van der Waals surface area contributed by atoms with E-state index < -0.39 is 0 Å². The van der Waals surface area contributed by atoms with Crippen LogP contribution < -0.4 is 4.74 Å². The van der Waals surface area contributed by atoms with Crippen LogP contribution in [0.1, 0.15) is 44.1 Å². The van der Waals surface area contributed by atoms with Gasteiger partial charge in [0, 0.05) is 28.5 Å². The van der Waals surface area contributed by atoms with Crippen LogP contribution in [0.2, 0.25) is 10.0 Å². The molecule has 0 unspecified atom stereocenters. The van der Waals surface area contributed by atoms with Crippen molar-refractivity contribution in [1.82, 2.24) is 4.90 Å². The molecule has 1 atom stereocenters. The number of rotatable bonds is 4. The third-order valence-electron chi connectivity index (χ3n) is 5.17. The molecule has 1 saturated heterocycles. The van der Waals surface area contributed by atoms with Crippen molar-refractivity contribution in [2.45, 2.75) is 51.0 Å². The Balaban J connectivity index is 1.70. The van der Waals surface area contributed by atoms with Crippen LogP contribution in [0.3, 0.4) is 0 Å². The topological polar surface area (TPSA) is 29.5 Å². The molecular formula is C18H23Cl2NO2. The first kappa shape index (κ1) is 16.9. The van der Waals surface area contributed by atoms with Gasteiger partial charge in [0.2, 0.25) is 5.91 Å². The maximum atomic E-state index is 12.8. The molecule has 1 aromatic carbocycles. The van der Waals surface area contributed by atoms with Crippen molar-refractivity contribution in [1.29, 1.82) is 0 Å². The average Bonchev–Trinajstić information content (AvgIpc) is 2.92. The molecule has 1 heterocycles. The molecule has 23 heavy (non-hydrogen) atoms. The van der Waals surface area contributed by atoms with Gasteiger partial charge in [-0.15, -0.1) is 0 Å². The molecule has 1 aliphatic carbocycles. The van der Waals surface area contributed by atoms with E-state index in [1.165, 1.54) is 19.3 Å². The molecule has 0 spiro atoms. The van der Waals surface area contributed by atoms with Crippen LogP contribution in [0.4, 0.5) is 0 Å². The fourth-order valence-electron chi connectivity index (χ4n) is 3.85. The predicted molar refractivity (Wildman–Crippen MR) is 93.4 cm³/mol. The van der Waals surface area contributed by atoms with E-state index in [0.717, 1.165) is 31.4 Å². The third kappa shape index (κ3) is 3.61. The number of hydrogen-bond acceptors (Lipinski definition) is 2. The Kier molecular flexibility index (Phi) is 5.38. The summed E-state index contributed by atoms with van der Waals surface area (Å²) in [5, 5.41) is 1.16. The third-order valence-corrected chi connectivity index (χ3v) is 5.84. The smallest absolute Gasteiger partial charge is 0.226 e. The lowest BCUT2D eigenvalue weighted by Gasteiger charge is -2.31. The minimum Gasteiger partial charge on any atom is -0.497 e.